The zero-order valence-corrected chi connectivity index (χ0v) is 19.6. The summed E-state index contributed by atoms with van der Waals surface area (Å²) in [6.45, 7) is 2.12. The Morgan fingerprint density at radius 1 is 1.20 bits per heavy atom. The number of aromatic nitrogens is 2. The first-order valence-corrected chi connectivity index (χ1v) is 11.1. The van der Waals surface area contributed by atoms with Crippen molar-refractivity contribution in [3.63, 3.8) is 0 Å². The SMILES string of the molecule is CCCC(c1ccc(C(=O)OC)cc1OC(Br)c1ccc(Cl)cc1Cl)n1ccnc1. The van der Waals surface area contributed by atoms with Crippen molar-refractivity contribution in [1.29, 1.82) is 0 Å². The first kappa shape index (κ1) is 22.7. The van der Waals surface area contributed by atoms with Gasteiger partial charge in [-0.15, -0.1) is 0 Å². The van der Waals surface area contributed by atoms with Crippen molar-refractivity contribution in [1.82, 2.24) is 9.55 Å². The number of hydrogen-bond donors (Lipinski definition) is 0. The van der Waals surface area contributed by atoms with Gasteiger partial charge in [0.15, 0.2) is 5.01 Å². The molecule has 0 bridgehead atoms. The number of nitrogens with zero attached hydrogens (tertiary/aromatic N) is 2. The molecule has 0 radical (unpaired) electrons. The quantitative estimate of drug-likeness (QED) is 0.245. The Kier molecular flexibility index (Phi) is 7.81. The number of benzene rings is 2. The van der Waals surface area contributed by atoms with E-state index in [-0.39, 0.29) is 6.04 Å². The van der Waals surface area contributed by atoms with Crippen molar-refractivity contribution >= 4 is 45.1 Å². The second kappa shape index (κ2) is 10.3. The number of imidazole rings is 1. The average Bonchev–Trinajstić information content (AvgIpc) is 3.26. The topological polar surface area (TPSA) is 53.4 Å². The van der Waals surface area contributed by atoms with Gasteiger partial charge in [-0.3, -0.25) is 0 Å². The number of ether oxygens (including phenoxy) is 2. The van der Waals surface area contributed by atoms with Gasteiger partial charge in [0, 0.05) is 33.6 Å². The lowest BCUT2D eigenvalue weighted by Crippen LogP contribution is -2.13. The van der Waals surface area contributed by atoms with Gasteiger partial charge < -0.3 is 14.0 Å². The summed E-state index contributed by atoms with van der Waals surface area (Å²) >= 11 is 15.9. The molecule has 8 heteroatoms. The fourth-order valence-corrected chi connectivity index (χ4v) is 4.45. The summed E-state index contributed by atoms with van der Waals surface area (Å²) in [5, 5.41) is 0.480. The second-order valence-electron chi connectivity index (χ2n) is 6.66. The maximum Gasteiger partial charge on any atom is 0.337 e. The highest BCUT2D eigenvalue weighted by molar-refractivity contribution is 9.09. The predicted molar refractivity (Wildman–Crippen MR) is 122 cm³/mol. The van der Waals surface area contributed by atoms with Crippen molar-refractivity contribution in [2.24, 2.45) is 0 Å². The molecule has 3 aromatic rings. The first-order valence-electron chi connectivity index (χ1n) is 9.40. The normalized spacial score (nSPS) is 13.0. The Bertz CT molecular complexity index is 1010. The van der Waals surface area contributed by atoms with Crippen molar-refractivity contribution in [2.45, 2.75) is 30.8 Å². The number of rotatable bonds is 8. The monoisotopic (exact) mass is 510 g/mol. The Hall–Kier alpha value is -2.02. The molecule has 30 heavy (non-hydrogen) atoms. The Morgan fingerprint density at radius 2 is 1.97 bits per heavy atom. The van der Waals surface area contributed by atoms with Crippen LogP contribution in [-0.4, -0.2) is 22.6 Å². The molecule has 0 spiro atoms. The van der Waals surface area contributed by atoms with E-state index in [0.717, 1.165) is 24.0 Å². The zero-order valence-electron chi connectivity index (χ0n) is 16.5. The van der Waals surface area contributed by atoms with Gasteiger partial charge in [0.25, 0.3) is 0 Å². The van der Waals surface area contributed by atoms with E-state index in [2.05, 4.69) is 27.8 Å². The molecule has 1 heterocycles. The molecule has 0 saturated heterocycles. The van der Waals surface area contributed by atoms with E-state index in [1.807, 2.05) is 16.8 Å². The number of carbonyl (C=O) groups excluding carboxylic acids is 1. The summed E-state index contributed by atoms with van der Waals surface area (Å²) in [5.74, 6) is 0.120. The van der Waals surface area contributed by atoms with E-state index < -0.39 is 11.0 Å². The molecule has 0 aliphatic heterocycles. The maximum atomic E-state index is 12.1. The fraction of sp³-hybridized carbons (Fsp3) is 0.273. The van der Waals surface area contributed by atoms with Crippen molar-refractivity contribution in [2.75, 3.05) is 7.11 Å². The molecule has 2 atom stereocenters. The van der Waals surface area contributed by atoms with Crippen LogP contribution >= 0.6 is 39.1 Å². The fourth-order valence-electron chi connectivity index (χ4n) is 3.21. The van der Waals surface area contributed by atoms with Crippen LogP contribution in [0.4, 0.5) is 0 Å². The van der Waals surface area contributed by atoms with Gasteiger partial charge in [0.2, 0.25) is 0 Å². The third-order valence-corrected chi connectivity index (χ3v) is 5.92. The standard InChI is InChI=1S/C22H21BrCl2N2O3/c1-3-4-19(27-10-9-26-13-27)17-7-5-14(22(28)29-2)11-20(17)30-21(23)16-8-6-15(24)12-18(16)25/h5-13,19,21H,3-4H2,1-2H3. The van der Waals surface area contributed by atoms with Gasteiger partial charge in [-0.2, -0.15) is 0 Å². The molecule has 0 amide bonds. The highest BCUT2D eigenvalue weighted by atomic mass is 79.9. The van der Waals surface area contributed by atoms with E-state index in [1.165, 1.54) is 7.11 Å². The van der Waals surface area contributed by atoms with E-state index in [0.29, 0.717) is 21.4 Å². The highest BCUT2D eigenvalue weighted by Crippen LogP contribution is 2.38. The van der Waals surface area contributed by atoms with Crippen molar-refractivity contribution in [3.05, 3.63) is 81.9 Å². The molecular formula is C22H21BrCl2N2O3. The molecular weight excluding hydrogens is 491 g/mol. The van der Waals surface area contributed by atoms with Crippen LogP contribution < -0.4 is 4.74 Å². The molecule has 5 nitrogen and oxygen atoms in total. The number of methoxy groups -OCH3 is 1. The minimum atomic E-state index is -0.543. The second-order valence-corrected chi connectivity index (χ2v) is 8.33. The minimum Gasteiger partial charge on any atom is -0.474 e. The number of alkyl halides is 1. The zero-order chi connectivity index (χ0) is 21.7. The molecule has 2 aromatic carbocycles. The smallest absolute Gasteiger partial charge is 0.337 e. The third-order valence-electron chi connectivity index (χ3n) is 4.68. The van der Waals surface area contributed by atoms with E-state index in [9.17, 15) is 4.79 Å². The van der Waals surface area contributed by atoms with Crippen LogP contribution in [0, 0.1) is 0 Å². The summed E-state index contributed by atoms with van der Waals surface area (Å²) in [6, 6.07) is 10.5. The van der Waals surface area contributed by atoms with Crippen LogP contribution in [0.5, 0.6) is 5.75 Å². The lowest BCUT2D eigenvalue weighted by molar-refractivity contribution is 0.0600. The number of halogens is 3. The van der Waals surface area contributed by atoms with E-state index >= 15 is 0 Å². The van der Waals surface area contributed by atoms with Gasteiger partial charge >= 0.3 is 5.97 Å². The Morgan fingerprint density at radius 3 is 2.60 bits per heavy atom. The van der Waals surface area contributed by atoms with Crippen LogP contribution in [0.15, 0.2) is 55.1 Å². The van der Waals surface area contributed by atoms with Gasteiger partial charge in [-0.25, -0.2) is 9.78 Å². The average molecular weight is 512 g/mol. The molecule has 1 aromatic heterocycles. The van der Waals surface area contributed by atoms with Crippen molar-refractivity contribution in [3.8, 4) is 5.75 Å². The summed E-state index contributed by atoms with van der Waals surface area (Å²) in [5.41, 5.74) is 2.06. The van der Waals surface area contributed by atoms with Gasteiger partial charge in [0.05, 0.1) is 25.0 Å². The van der Waals surface area contributed by atoms with E-state index in [1.54, 1.807) is 42.9 Å². The van der Waals surface area contributed by atoms with Crippen LogP contribution in [0.1, 0.15) is 52.3 Å². The summed E-state index contributed by atoms with van der Waals surface area (Å²) in [6.07, 6.45) is 7.27. The molecule has 0 saturated carbocycles. The number of esters is 1. The lowest BCUT2D eigenvalue weighted by atomic mass is 9.99. The summed E-state index contributed by atoms with van der Waals surface area (Å²) in [7, 11) is 1.35. The van der Waals surface area contributed by atoms with Crippen LogP contribution in [0.2, 0.25) is 10.0 Å². The highest BCUT2D eigenvalue weighted by Gasteiger charge is 2.22. The Balaban J connectivity index is 2.03. The first-order chi connectivity index (χ1) is 14.4. The van der Waals surface area contributed by atoms with Gasteiger partial charge in [-0.1, -0.05) is 48.7 Å². The lowest BCUT2D eigenvalue weighted by Gasteiger charge is -2.24. The molecule has 158 valence electrons. The van der Waals surface area contributed by atoms with Crippen LogP contribution in [0.25, 0.3) is 0 Å². The largest absolute Gasteiger partial charge is 0.474 e. The third kappa shape index (κ3) is 5.17. The molecule has 0 fully saturated rings. The predicted octanol–water partition coefficient (Wildman–Crippen LogP) is 6.84. The minimum absolute atomic E-state index is 0.000383. The molecule has 3 rings (SSSR count). The van der Waals surface area contributed by atoms with Crippen molar-refractivity contribution < 1.29 is 14.3 Å². The van der Waals surface area contributed by atoms with Gasteiger partial charge in [0.1, 0.15) is 5.75 Å². The maximum absolute atomic E-state index is 12.1. The van der Waals surface area contributed by atoms with E-state index in [4.69, 9.17) is 32.7 Å². The molecule has 2 unspecified atom stereocenters. The van der Waals surface area contributed by atoms with Crippen LogP contribution in [0.3, 0.4) is 0 Å². The van der Waals surface area contributed by atoms with Crippen LogP contribution in [-0.2, 0) is 4.74 Å². The number of hydrogen-bond acceptors (Lipinski definition) is 4. The van der Waals surface area contributed by atoms with Gasteiger partial charge in [-0.05, 0) is 46.6 Å². The summed E-state index contributed by atoms with van der Waals surface area (Å²) in [4.78, 5) is 16.3. The Labute approximate surface area is 194 Å². The molecule has 0 aliphatic rings. The molecule has 0 N–H and O–H groups in total. The number of carbonyl (C=O) groups is 1. The molecule has 0 aliphatic carbocycles. The summed E-state index contributed by atoms with van der Waals surface area (Å²) < 4.78 is 13.2.